The molecule has 0 radical (unpaired) electrons. The van der Waals surface area contributed by atoms with E-state index in [4.69, 9.17) is 11.5 Å². The Balaban J connectivity index is 2.70. The van der Waals surface area contributed by atoms with Crippen molar-refractivity contribution in [3.05, 3.63) is 35.9 Å². The number of guanidine groups is 1. The zero-order valence-electron chi connectivity index (χ0n) is 9.59. The van der Waals surface area contributed by atoms with E-state index in [0.717, 1.165) is 5.56 Å². The first-order valence-corrected chi connectivity index (χ1v) is 5.09. The molecule has 17 heavy (non-hydrogen) atoms. The molecule has 6 heteroatoms. The minimum absolute atomic E-state index is 0.132. The zero-order valence-corrected chi connectivity index (χ0v) is 9.59. The molecule has 1 aromatic carbocycles. The van der Waals surface area contributed by atoms with E-state index in [9.17, 15) is 4.79 Å². The fraction of sp³-hybridized carbons (Fsp3) is 0.273. The average Bonchev–Trinajstić information content (AvgIpc) is 2.34. The van der Waals surface area contributed by atoms with Crippen LogP contribution in [0.5, 0.6) is 0 Å². The molecule has 1 rings (SSSR count). The molecule has 0 aliphatic heterocycles. The van der Waals surface area contributed by atoms with E-state index in [1.165, 1.54) is 7.11 Å². The molecule has 0 aliphatic rings. The van der Waals surface area contributed by atoms with Gasteiger partial charge in [-0.25, -0.2) is 4.79 Å². The number of hydrogen-bond donors (Lipinski definition) is 3. The predicted molar refractivity (Wildman–Crippen MR) is 64.9 cm³/mol. The predicted octanol–water partition coefficient (Wildman–Crippen LogP) is -0.451. The van der Waals surface area contributed by atoms with Crippen molar-refractivity contribution in [3.8, 4) is 0 Å². The molecule has 0 bridgehead atoms. The number of carbonyl (C=O) groups excluding carboxylic acids is 1. The Morgan fingerprint density at radius 1 is 1.41 bits per heavy atom. The summed E-state index contributed by atoms with van der Waals surface area (Å²) in [5, 5.41) is 3.61. The number of ether oxygens (including phenoxy) is 1. The maximum Gasteiger partial charge on any atom is 0.330 e. The number of nitrogens with one attached hydrogen (secondary N) is 1. The van der Waals surface area contributed by atoms with Crippen molar-refractivity contribution in [2.24, 2.45) is 16.6 Å². The molecule has 6 nitrogen and oxygen atoms in total. The van der Waals surface area contributed by atoms with Gasteiger partial charge in [0.25, 0.3) is 0 Å². The Morgan fingerprint density at radius 2 is 2.06 bits per heavy atom. The Kier molecular flexibility index (Phi) is 4.80. The number of esters is 1. The zero-order chi connectivity index (χ0) is 12.7. The second kappa shape index (κ2) is 6.37. The van der Waals surface area contributed by atoms with Crippen LogP contribution in [0.15, 0.2) is 35.4 Å². The van der Waals surface area contributed by atoms with Crippen LogP contribution in [-0.4, -0.2) is 25.1 Å². The van der Waals surface area contributed by atoms with Crippen molar-refractivity contribution in [1.82, 2.24) is 5.43 Å². The maximum absolute atomic E-state index is 11.5. The third kappa shape index (κ3) is 4.42. The molecule has 1 aromatic rings. The van der Waals surface area contributed by atoms with Gasteiger partial charge in [0, 0.05) is 6.42 Å². The third-order valence-corrected chi connectivity index (χ3v) is 2.12. The van der Waals surface area contributed by atoms with Crippen molar-refractivity contribution < 1.29 is 9.53 Å². The Hall–Kier alpha value is -2.24. The topological polar surface area (TPSA) is 103 Å². The summed E-state index contributed by atoms with van der Waals surface area (Å²) < 4.78 is 4.66. The molecule has 0 fully saturated rings. The lowest BCUT2D eigenvalue weighted by Gasteiger charge is -2.14. The van der Waals surface area contributed by atoms with Gasteiger partial charge in [0.15, 0.2) is 0 Å². The summed E-state index contributed by atoms with van der Waals surface area (Å²) in [5.41, 5.74) is 13.9. The highest BCUT2D eigenvalue weighted by molar-refractivity contribution is 5.78. The molecule has 0 spiro atoms. The Bertz CT molecular complexity index is 388. The van der Waals surface area contributed by atoms with E-state index in [2.05, 4.69) is 15.3 Å². The van der Waals surface area contributed by atoms with Crippen LogP contribution in [0.25, 0.3) is 0 Å². The van der Waals surface area contributed by atoms with Crippen molar-refractivity contribution in [2.45, 2.75) is 12.5 Å². The maximum atomic E-state index is 11.5. The van der Waals surface area contributed by atoms with Gasteiger partial charge >= 0.3 is 5.97 Å². The summed E-state index contributed by atoms with van der Waals surface area (Å²) in [6.07, 6.45) is 0.449. The largest absolute Gasteiger partial charge is 0.467 e. The SMILES string of the molecule is COC(=O)[C@H](Cc1ccccc1)NN=C(N)N. The molecular formula is C11H16N4O2. The first kappa shape index (κ1) is 12.8. The number of methoxy groups -OCH3 is 1. The van der Waals surface area contributed by atoms with Crippen LogP contribution in [0.1, 0.15) is 5.56 Å². The first-order valence-electron chi connectivity index (χ1n) is 5.09. The van der Waals surface area contributed by atoms with E-state index in [1.807, 2.05) is 30.3 Å². The highest BCUT2D eigenvalue weighted by Gasteiger charge is 2.18. The van der Waals surface area contributed by atoms with Gasteiger partial charge in [-0.3, -0.25) is 5.43 Å². The standard InChI is InChI=1S/C11H16N4O2/c1-17-10(16)9(14-15-11(12)13)7-8-5-3-2-4-6-8/h2-6,9,14H,7H2,1H3,(H4,12,13,15)/t9-/m0/s1. The Labute approximate surface area is 99.6 Å². The normalized spacial score (nSPS) is 11.4. The van der Waals surface area contributed by atoms with Crippen LogP contribution in [0.4, 0.5) is 0 Å². The minimum atomic E-state index is -0.607. The summed E-state index contributed by atoms with van der Waals surface area (Å²) >= 11 is 0. The summed E-state index contributed by atoms with van der Waals surface area (Å²) in [6, 6.07) is 8.90. The molecule has 0 aliphatic carbocycles. The van der Waals surface area contributed by atoms with E-state index < -0.39 is 12.0 Å². The van der Waals surface area contributed by atoms with Gasteiger partial charge in [-0.1, -0.05) is 30.3 Å². The van der Waals surface area contributed by atoms with E-state index in [1.54, 1.807) is 0 Å². The molecule has 0 heterocycles. The average molecular weight is 236 g/mol. The fourth-order valence-electron chi connectivity index (χ4n) is 1.33. The summed E-state index contributed by atoms with van der Waals surface area (Å²) in [7, 11) is 1.32. The van der Waals surface area contributed by atoms with E-state index in [-0.39, 0.29) is 5.96 Å². The molecule has 0 amide bonds. The first-order chi connectivity index (χ1) is 8.13. The highest BCUT2D eigenvalue weighted by Crippen LogP contribution is 2.04. The summed E-state index contributed by atoms with van der Waals surface area (Å²) in [6.45, 7) is 0. The van der Waals surface area contributed by atoms with Crippen LogP contribution in [0, 0.1) is 0 Å². The van der Waals surface area contributed by atoms with Crippen molar-refractivity contribution in [2.75, 3.05) is 7.11 Å². The third-order valence-electron chi connectivity index (χ3n) is 2.12. The number of nitrogens with two attached hydrogens (primary N) is 2. The summed E-state index contributed by atoms with van der Waals surface area (Å²) in [5.74, 6) is -0.550. The van der Waals surface area contributed by atoms with E-state index in [0.29, 0.717) is 6.42 Å². The number of hydrogen-bond acceptors (Lipinski definition) is 4. The number of benzene rings is 1. The van der Waals surface area contributed by atoms with Crippen LogP contribution < -0.4 is 16.9 Å². The molecule has 0 aromatic heterocycles. The highest BCUT2D eigenvalue weighted by atomic mass is 16.5. The van der Waals surface area contributed by atoms with Gasteiger partial charge in [0.1, 0.15) is 6.04 Å². The van der Waals surface area contributed by atoms with Crippen molar-refractivity contribution in [1.29, 1.82) is 0 Å². The molecule has 0 saturated heterocycles. The van der Waals surface area contributed by atoms with Crippen molar-refractivity contribution >= 4 is 11.9 Å². The van der Waals surface area contributed by atoms with Gasteiger partial charge in [-0.15, -0.1) is 5.10 Å². The van der Waals surface area contributed by atoms with Gasteiger partial charge in [-0.2, -0.15) is 0 Å². The smallest absolute Gasteiger partial charge is 0.330 e. The molecular weight excluding hydrogens is 220 g/mol. The van der Waals surface area contributed by atoms with Gasteiger partial charge < -0.3 is 16.2 Å². The van der Waals surface area contributed by atoms with Crippen LogP contribution in [0.2, 0.25) is 0 Å². The lowest BCUT2D eigenvalue weighted by atomic mass is 10.1. The van der Waals surface area contributed by atoms with Crippen LogP contribution in [-0.2, 0) is 16.0 Å². The van der Waals surface area contributed by atoms with Crippen molar-refractivity contribution in [3.63, 3.8) is 0 Å². The van der Waals surface area contributed by atoms with E-state index >= 15 is 0 Å². The Morgan fingerprint density at radius 3 is 2.59 bits per heavy atom. The van der Waals surface area contributed by atoms with Crippen LogP contribution >= 0.6 is 0 Å². The number of carbonyl (C=O) groups is 1. The minimum Gasteiger partial charge on any atom is -0.467 e. The molecule has 1 atom stereocenters. The van der Waals surface area contributed by atoms with Gasteiger partial charge in [-0.05, 0) is 5.56 Å². The van der Waals surface area contributed by atoms with Crippen LogP contribution in [0.3, 0.4) is 0 Å². The molecule has 5 N–H and O–H groups in total. The lowest BCUT2D eigenvalue weighted by Crippen LogP contribution is -2.39. The number of nitrogens with zero attached hydrogens (tertiary/aromatic N) is 1. The number of hydrazone groups is 1. The number of rotatable bonds is 5. The quantitative estimate of drug-likeness (QED) is 0.278. The summed E-state index contributed by atoms with van der Waals surface area (Å²) in [4.78, 5) is 11.5. The van der Waals surface area contributed by atoms with Gasteiger partial charge in [0.05, 0.1) is 7.11 Å². The molecule has 0 saturated carbocycles. The second-order valence-corrected chi connectivity index (χ2v) is 3.43. The monoisotopic (exact) mass is 236 g/mol. The molecule has 0 unspecified atom stereocenters. The fourth-order valence-corrected chi connectivity index (χ4v) is 1.33. The molecule has 92 valence electrons. The van der Waals surface area contributed by atoms with Gasteiger partial charge in [0.2, 0.25) is 5.96 Å². The second-order valence-electron chi connectivity index (χ2n) is 3.43. The lowest BCUT2D eigenvalue weighted by molar-refractivity contribution is -0.143.